The molecular formula is C14H19NO. The standard InChI is InChI=1S/C14H19NO/c1-10-6-12(7-10)15-8-11-9-16-14-5-3-2-4-13(11)14/h2-5,10-12,15H,6-9H2,1H3. The third-order valence-corrected chi connectivity index (χ3v) is 3.83. The molecule has 0 spiro atoms. The fourth-order valence-corrected chi connectivity index (χ4v) is 2.78. The van der Waals surface area contributed by atoms with Crippen molar-refractivity contribution in [3.05, 3.63) is 29.8 Å². The van der Waals surface area contributed by atoms with E-state index in [2.05, 4.69) is 30.4 Å². The second-order valence-electron chi connectivity index (χ2n) is 5.23. The summed E-state index contributed by atoms with van der Waals surface area (Å²) >= 11 is 0. The Bertz CT molecular complexity index is 371. The average Bonchev–Trinajstić information content (AvgIpc) is 2.66. The van der Waals surface area contributed by atoms with Crippen LogP contribution in [0.2, 0.25) is 0 Å². The molecule has 1 atom stereocenters. The van der Waals surface area contributed by atoms with Crippen molar-refractivity contribution in [3.8, 4) is 5.75 Å². The van der Waals surface area contributed by atoms with Gasteiger partial charge >= 0.3 is 0 Å². The van der Waals surface area contributed by atoms with Gasteiger partial charge in [-0.1, -0.05) is 25.1 Å². The molecule has 0 bridgehead atoms. The lowest BCUT2D eigenvalue weighted by Gasteiger charge is -2.34. The predicted octanol–water partition coefficient (Wildman–Crippen LogP) is 2.55. The van der Waals surface area contributed by atoms with Gasteiger partial charge in [0, 0.05) is 24.1 Å². The predicted molar refractivity (Wildman–Crippen MR) is 64.9 cm³/mol. The van der Waals surface area contributed by atoms with E-state index in [4.69, 9.17) is 4.74 Å². The van der Waals surface area contributed by atoms with E-state index in [0.717, 1.165) is 30.9 Å². The molecule has 86 valence electrons. The van der Waals surface area contributed by atoms with Crippen molar-refractivity contribution < 1.29 is 4.74 Å². The molecule has 3 rings (SSSR count). The molecule has 2 heteroatoms. The van der Waals surface area contributed by atoms with E-state index < -0.39 is 0 Å². The van der Waals surface area contributed by atoms with Gasteiger partial charge in [0.25, 0.3) is 0 Å². The molecule has 2 aliphatic rings. The van der Waals surface area contributed by atoms with Crippen molar-refractivity contribution >= 4 is 0 Å². The van der Waals surface area contributed by atoms with Crippen LogP contribution in [0.15, 0.2) is 24.3 Å². The first-order valence-electron chi connectivity index (χ1n) is 6.28. The molecule has 2 nitrogen and oxygen atoms in total. The second kappa shape index (κ2) is 4.10. The zero-order valence-corrected chi connectivity index (χ0v) is 9.78. The van der Waals surface area contributed by atoms with Crippen molar-refractivity contribution in [2.45, 2.75) is 31.7 Å². The van der Waals surface area contributed by atoms with Crippen LogP contribution < -0.4 is 10.1 Å². The second-order valence-corrected chi connectivity index (χ2v) is 5.23. The molecule has 1 unspecified atom stereocenters. The summed E-state index contributed by atoms with van der Waals surface area (Å²) in [5, 5.41) is 3.65. The number of nitrogens with one attached hydrogen (secondary N) is 1. The first-order chi connectivity index (χ1) is 7.83. The maximum atomic E-state index is 5.68. The van der Waals surface area contributed by atoms with Crippen LogP contribution in [-0.4, -0.2) is 19.2 Å². The van der Waals surface area contributed by atoms with Crippen LogP contribution in [0, 0.1) is 5.92 Å². The lowest BCUT2D eigenvalue weighted by molar-refractivity contribution is 0.232. The zero-order chi connectivity index (χ0) is 11.0. The monoisotopic (exact) mass is 217 g/mol. The van der Waals surface area contributed by atoms with Crippen LogP contribution in [0.1, 0.15) is 31.2 Å². The Hall–Kier alpha value is -1.02. The van der Waals surface area contributed by atoms with Crippen LogP contribution in [0.3, 0.4) is 0 Å². The Morgan fingerprint density at radius 1 is 1.31 bits per heavy atom. The largest absolute Gasteiger partial charge is 0.493 e. The summed E-state index contributed by atoms with van der Waals surface area (Å²) in [6, 6.07) is 9.16. The molecule has 0 radical (unpaired) electrons. The van der Waals surface area contributed by atoms with Gasteiger partial charge in [-0.05, 0) is 24.8 Å². The van der Waals surface area contributed by atoms with Crippen molar-refractivity contribution in [1.29, 1.82) is 0 Å². The fourth-order valence-electron chi connectivity index (χ4n) is 2.78. The highest BCUT2D eigenvalue weighted by Gasteiger charge is 2.28. The summed E-state index contributed by atoms with van der Waals surface area (Å²) in [5.41, 5.74) is 1.38. The molecule has 0 aromatic heterocycles. The number of fused-ring (bicyclic) bond motifs is 1. The first-order valence-corrected chi connectivity index (χ1v) is 6.28. The highest BCUT2D eigenvalue weighted by molar-refractivity contribution is 5.39. The van der Waals surface area contributed by atoms with Gasteiger partial charge in [0.05, 0.1) is 6.61 Å². The quantitative estimate of drug-likeness (QED) is 0.840. The van der Waals surface area contributed by atoms with E-state index in [1.54, 1.807) is 0 Å². The van der Waals surface area contributed by atoms with Gasteiger partial charge in [0.2, 0.25) is 0 Å². The number of benzene rings is 1. The van der Waals surface area contributed by atoms with E-state index in [-0.39, 0.29) is 0 Å². The minimum absolute atomic E-state index is 0.548. The lowest BCUT2D eigenvalue weighted by atomic mass is 9.81. The molecule has 1 fully saturated rings. The fraction of sp³-hybridized carbons (Fsp3) is 0.571. The van der Waals surface area contributed by atoms with Crippen LogP contribution >= 0.6 is 0 Å². The van der Waals surface area contributed by atoms with Gasteiger partial charge in [0.15, 0.2) is 0 Å². The van der Waals surface area contributed by atoms with Gasteiger partial charge in [-0.25, -0.2) is 0 Å². The van der Waals surface area contributed by atoms with Crippen molar-refractivity contribution in [2.24, 2.45) is 5.92 Å². The Balaban J connectivity index is 1.57. The molecule has 1 saturated carbocycles. The summed E-state index contributed by atoms with van der Waals surface area (Å²) in [6.45, 7) is 4.23. The molecular weight excluding hydrogens is 198 g/mol. The van der Waals surface area contributed by atoms with Crippen molar-refractivity contribution in [3.63, 3.8) is 0 Å². The zero-order valence-electron chi connectivity index (χ0n) is 9.78. The SMILES string of the molecule is CC1CC(NCC2COc3ccccc32)C1. The van der Waals surface area contributed by atoms with Gasteiger partial charge in [-0.3, -0.25) is 0 Å². The maximum Gasteiger partial charge on any atom is 0.122 e. The van der Waals surface area contributed by atoms with Crippen LogP contribution in [0.4, 0.5) is 0 Å². The molecule has 0 amide bonds. The summed E-state index contributed by atoms with van der Waals surface area (Å²) in [4.78, 5) is 0. The smallest absolute Gasteiger partial charge is 0.122 e. The van der Waals surface area contributed by atoms with Gasteiger partial charge < -0.3 is 10.1 Å². The summed E-state index contributed by atoms with van der Waals surface area (Å²) in [7, 11) is 0. The highest BCUT2D eigenvalue weighted by Crippen LogP contribution is 2.33. The van der Waals surface area contributed by atoms with Gasteiger partial charge in [-0.15, -0.1) is 0 Å². The number of hydrogen-bond donors (Lipinski definition) is 1. The maximum absolute atomic E-state index is 5.68. The Morgan fingerprint density at radius 3 is 2.94 bits per heavy atom. The number of ether oxygens (including phenoxy) is 1. The number of para-hydroxylation sites is 1. The van der Waals surface area contributed by atoms with E-state index in [1.165, 1.54) is 18.4 Å². The van der Waals surface area contributed by atoms with E-state index >= 15 is 0 Å². The Morgan fingerprint density at radius 2 is 2.12 bits per heavy atom. The summed E-state index contributed by atoms with van der Waals surface area (Å²) in [6.07, 6.45) is 2.68. The summed E-state index contributed by atoms with van der Waals surface area (Å²) < 4.78 is 5.68. The first kappa shape index (κ1) is 10.2. The van der Waals surface area contributed by atoms with Gasteiger partial charge in [-0.2, -0.15) is 0 Å². The Kier molecular flexibility index (Phi) is 2.60. The lowest BCUT2D eigenvalue weighted by Crippen LogP contribution is -2.42. The molecule has 1 aromatic rings. The van der Waals surface area contributed by atoms with Crippen LogP contribution in [0.5, 0.6) is 5.75 Å². The molecule has 1 aliphatic heterocycles. The van der Waals surface area contributed by atoms with E-state index in [1.807, 2.05) is 6.07 Å². The number of rotatable bonds is 3. The molecule has 16 heavy (non-hydrogen) atoms. The van der Waals surface area contributed by atoms with E-state index in [0.29, 0.717) is 5.92 Å². The molecule has 1 heterocycles. The van der Waals surface area contributed by atoms with Crippen LogP contribution in [-0.2, 0) is 0 Å². The molecule has 1 aliphatic carbocycles. The minimum atomic E-state index is 0.548. The molecule has 1 aromatic carbocycles. The third kappa shape index (κ3) is 1.82. The average molecular weight is 217 g/mol. The Labute approximate surface area is 97.0 Å². The van der Waals surface area contributed by atoms with E-state index in [9.17, 15) is 0 Å². The van der Waals surface area contributed by atoms with Crippen molar-refractivity contribution in [1.82, 2.24) is 5.32 Å². The highest BCUT2D eigenvalue weighted by atomic mass is 16.5. The molecule has 1 N–H and O–H groups in total. The van der Waals surface area contributed by atoms with Crippen LogP contribution in [0.25, 0.3) is 0 Å². The van der Waals surface area contributed by atoms with Crippen molar-refractivity contribution in [2.75, 3.05) is 13.2 Å². The number of hydrogen-bond acceptors (Lipinski definition) is 2. The molecule has 0 saturated heterocycles. The normalized spacial score (nSPS) is 31.7. The summed E-state index contributed by atoms with van der Waals surface area (Å²) in [5.74, 6) is 2.55. The third-order valence-electron chi connectivity index (χ3n) is 3.83. The minimum Gasteiger partial charge on any atom is -0.493 e. The topological polar surface area (TPSA) is 21.3 Å². The van der Waals surface area contributed by atoms with Gasteiger partial charge in [0.1, 0.15) is 5.75 Å².